The Morgan fingerprint density at radius 3 is 1.79 bits per heavy atom. The molecule has 2 saturated carbocycles. The predicted octanol–water partition coefficient (Wildman–Crippen LogP) is 3.79. The van der Waals surface area contributed by atoms with Gasteiger partial charge in [0.15, 0.2) is 0 Å². The number of carbonyl (C=O) groups is 1. The number of urea groups is 1. The Balaban J connectivity index is 1.98. The molecule has 0 bridgehead atoms. The van der Waals surface area contributed by atoms with Gasteiger partial charge in [0.05, 0.1) is 0 Å². The molecular weight excluding hydrogens is 236 g/mol. The van der Waals surface area contributed by atoms with Crippen LogP contribution in [0, 0.1) is 11.8 Å². The minimum atomic E-state index is 0.161. The third-order valence-electron chi connectivity index (χ3n) is 5.16. The SMILES string of the molecule is CCN(CC)C(=O)NC(C1CCCC1)C1CCCC1. The molecule has 0 atom stereocenters. The zero-order valence-electron chi connectivity index (χ0n) is 12.7. The van der Waals surface area contributed by atoms with Crippen LogP contribution in [0.25, 0.3) is 0 Å². The summed E-state index contributed by atoms with van der Waals surface area (Å²) in [7, 11) is 0. The highest BCUT2D eigenvalue weighted by molar-refractivity contribution is 5.74. The van der Waals surface area contributed by atoms with E-state index in [-0.39, 0.29) is 6.03 Å². The lowest BCUT2D eigenvalue weighted by Gasteiger charge is -2.32. The molecular formula is C16H30N2O. The first kappa shape index (κ1) is 14.7. The molecule has 0 unspecified atom stereocenters. The summed E-state index contributed by atoms with van der Waals surface area (Å²) in [5, 5.41) is 3.39. The van der Waals surface area contributed by atoms with E-state index in [1.54, 1.807) is 0 Å². The number of carbonyl (C=O) groups excluding carboxylic acids is 1. The Morgan fingerprint density at radius 2 is 1.42 bits per heavy atom. The Labute approximate surface area is 118 Å². The minimum absolute atomic E-state index is 0.161. The molecule has 0 saturated heterocycles. The van der Waals surface area contributed by atoms with Crippen molar-refractivity contribution in [3.05, 3.63) is 0 Å². The van der Waals surface area contributed by atoms with E-state index >= 15 is 0 Å². The fourth-order valence-corrected chi connectivity index (χ4v) is 4.00. The largest absolute Gasteiger partial charge is 0.335 e. The van der Waals surface area contributed by atoms with Gasteiger partial charge in [-0.15, -0.1) is 0 Å². The molecule has 2 amide bonds. The van der Waals surface area contributed by atoms with Crippen LogP contribution in [0.3, 0.4) is 0 Å². The Hall–Kier alpha value is -0.730. The average Bonchev–Trinajstić information content (AvgIpc) is 3.11. The maximum atomic E-state index is 12.3. The summed E-state index contributed by atoms with van der Waals surface area (Å²) in [5.41, 5.74) is 0. The van der Waals surface area contributed by atoms with Crippen LogP contribution in [-0.2, 0) is 0 Å². The van der Waals surface area contributed by atoms with Crippen molar-refractivity contribution in [3.8, 4) is 0 Å². The first-order valence-electron chi connectivity index (χ1n) is 8.31. The van der Waals surface area contributed by atoms with Gasteiger partial charge in [0.2, 0.25) is 0 Å². The van der Waals surface area contributed by atoms with Gasteiger partial charge in [0.1, 0.15) is 0 Å². The molecule has 2 aliphatic carbocycles. The molecule has 0 aromatic heterocycles. The van der Waals surface area contributed by atoms with Crippen molar-refractivity contribution in [1.29, 1.82) is 0 Å². The third-order valence-corrected chi connectivity index (χ3v) is 5.16. The zero-order chi connectivity index (χ0) is 13.7. The molecule has 0 spiro atoms. The lowest BCUT2D eigenvalue weighted by molar-refractivity contribution is 0.182. The molecule has 0 heterocycles. The summed E-state index contributed by atoms with van der Waals surface area (Å²) in [6.07, 6.45) is 10.7. The van der Waals surface area contributed by atoms with Crippen molar-refractivity contribution < 1.29 is 4.79 Å². The van der Waals surface area contributed by atoms with E-state index in [1.165, 1.54) is 51.4 Å². The normalized spacial score (nSPS) is 21.2. The highest BCUT2D eigenvalue weighted by Gasteiger charge is 2.34. The molecule has 1 N–H and O–H groups in total. The molecule has 2 rings (SSSR count). The fourth-order valence-electron chi connectivity index (χ4n) is 4.00. The van der Waals surface area contributed by atoms with Gasteiger partial charge < -0.3 is 10.2 Å². The van der Waals surface area contributed by atoms with Gasteiger partial charge in [-0.05, 0) is 51.4 Å². The van der Waals surface area contributed by atoms with Crippen LogP contribution in [0.1, 0.15) is 65.2 Å². The van der Waals surface area contributed by atoms with Crippen LogP contribution in [0.2, 0.25) is 0 Å². The summed E-state index contributed by atoms with van der Waals surface area (Å²) < 4.78 is 0. The van der Waals surface area contributed by atoms with Crippen LogP contribution >= 0.6 is 0 Å². The van der Waals surface area contributed by atoms with Crippen LogP contribution in [0.5, 0.6) is 0 Å². The second-order valence-corrected chi connectivity index (χ2v) is 6.24. The Bertz CT molecular complexity index is 260. The van der Waals surface area contributed by atoms with Gasteiger partial charge in [-0.25, -0.2) is 4.79 Å². The van der Waals surface area contributed by atoms with E-state index in [1.807, 2.05) is 4.90 Å². The second-order valence-electron chi connectivity index (χ2n) is 6.24. The number of hydrogen-bond donors (Lipinski definition) is 1. The maximum Gasteiger partial charge on any atom is 0.317 e. The zero-order valence-corrected chi connectivity index (χ0v) is 12.7. The molecule has 0 aromatic rings. The molecule has 0 aliphatic heterocycles. The molecule has 2 aliphatic rings. The molecule has 3 heteroatoms. The first-order chi connectivity index (χ1) is 9.26. The highest BCUT2D eigenvalue weighted by atomic mass is 16.2. The van der Waals surface area contributed by atoms with Crippen molar-refractivity contribution in [3.63, 3.8) is 0 Å². The van der Waals surface area contributed by atoms with E-state index < -0.39 is 0 Å². The summed E-state index contributed by atoms with van der Waals surface area (Å²) in [6.45, 7) is 5.74. The summed E-state index contributed by atoms with van der Waals surface area (Å²) in [4.78, 5) is 14.3. The van der Waals surface area contributed by atoms with Crippen molar-refractivity contribution in [2.75, 3.05) is 13.1 Å². The topological polar surface area (TPSA) is 32.3 Å². The van der Waals surface area contributed by atoms with Crippen molar-refractivity contribution in [1.82, 2.24) is 10.2 Å². The lowest BCUT2D eigenvalue weighted by Crippen LogP contribution is -2.49. The van der Waals surface area contributed by atoms with Crippen LogP contribution in [0.15, 0.2) is 0 Å². The first-order valence-corrected chi connectivity index (χ1v) is 8.31. The number of rotatable bonds is 5. The number of hydrogen-bond acceptors (Lipinski definition) is 1. The van der Waals surface area contributed by atoms with Crippen LogP contribution in [-0.4, -0.2) is 30.1 Å². The van der Waals surface area contributed by atoms with Gasteiger partial charge in [-0.2, -0.15) is 0 Å². The van der Waals surface area contributed by atoms with Crippen molar-refractivity contribution in [2.45, 2.75) is 71.3 Å². The summed E-state index contributed by atoms with van der Waals surface area (Å²) >= 11 is 0. The van der Waals surface area contributed by atoms with Gasteiger partial charge in [-0.3, -0.25) is 0 Å². The molecule has 0 radical (unpaired) electrons. The summed E-state index contributed by atoms with van der Waals surface area (Å²) in [5.74, 6) is 1.48. The van der Waals surface area contributed by atoms with Crippen LogP contribution in [0.4, 0.5) is 4.79 Å². The van der Waals surface area contributed by atoms with Gasteiger partial charge in [-0.1, -0.05) is 25.7 Å². The van der Waals surface area contributed by atoms with Gasteiger partial charge >= 0.3 is 6.03 Å². The monoisotopic (exact) mass is 266 g/mol. The fraction of sp³-hybridized carbons (Fsp3) is 0.938. The van der Waals surface area contributed by atoms with Gasteiger partial charge in [0.25, 0.3) is 0 Å². The Morgan fingerprint density at radius 1 is 1.00 bits per heavy atom. The third kappa shape index (κ3) is 3.64. The molecule has 110 valence electrons. The average molecular weight is 266 g/mol. The predicted molar refractivity (Wildman–Crippen MR) is 79.2 cm³/mol. The molecule has 19 heavy (non-hydrogen) atoms. The quantitative estimate of drug-likeness (QED) is 0.807. The number of nitrogens with zero attached hydrogens (tertiary/aromatic N) is 1. The number of nitrogens with one attached hydrogen (secondary N) is 1. The minimum Gasteiger partial charge on any atom is -0.335 e. The Kier molecular flexibility index (Phi) is 5.53. The van der Waals surface area contributed by atoms with Crippen molar-refractivity contribution in [2.24, 2.45) is 11.8 Å². The summed E-state index contributed by atoms with van der Waals surface area (Å²) in [6, 6.07) is 0.604. The van der Waals surface area contributed by atoms with Crippen molar-refractivity contribution >= 4 is 6.03 Å². The smallest absolute Gasteiger partial charge is 0.317 e. The highest BCUT2D eigenvalue weighted by Crippen LogP contribution is 2.37. The van der Waals surface area contributed by atoms with E-state index in [9.17, 15) is 4.79 Å². The second kappa shape index (κ2) is 7.16. The molecule has 3 nitrogen and oxygen atoms in total. The molecule has 0 aromatic carbocycles. The van der Waals surface area contributed by atoms with E-state index in [0.717, 1.165) is 24.9 Å². The number of amides is 2. The van der Waals surface area contributed by atoms with Gasteiger partial charge in [0, 0.05) is 19.1 Å². The van der Waals surface area contributed by atoms with E-state index in [0.29, 0.717) is 6.04 Å². The van der Waals surface area contributed by atoms with Crippen LogP contribution < -0.4 is 5.32 Å². The molecule has 2 fully saturated rings. The maximum absolute atomic E-state index is 12.3. The van der Waals surface area contributed by atoms with E-state index in [4.69, 9.17) is 0 Å². The van der Waals surface area contributed by atoms with E-state index in [2.05, 4.69) is 19.2 Å². The standard InChI is InChI=1S/C16H30N2O/c1-3-18(4-2)16(19)17-15(13-9-5-6-10-13)14-11-7-8-12-14/h13-15H,3-12H2,1-2H3,(H,17,19). The lowest BCUT2D eigenvalue weighted by atomic mass is 9.86.